The van der Waals surface area contributed by atoms with Crippen LogP contribution in [0.4, 0.5) is 14.5 Å². The van der Waals surface area contributed by atoms with Crippen molar-refractivity contribution in [3.8, 4) is 6.07 Å². The van der Waals surface area contributed by atoms with Gasteiger partial charge in [-0.1, -0.05) is 0 Å². The Morgan fingerprint density at radius 2 is 2.27 bits per heavy atom. The first-order valence-corrected chi connectivity index (χ1v) is 4.29. The molecule has 1 aromatic heterocycles. The fourth-order valence-electron chi connectivity index (χ4n) is 0.974. The van der Waals surface area contributed by atoms with Crippen LogP contribution in [-0.2, 0) is 0 Å². The number of nitriles is 1. The first-order valence-electron chi connectivity index (χ1n) is 3.50. The molecule has 0 aliphatic rings. The second-order valence-corrected chi connectivity index (χ2v) is 3.15. The van der Waals surface area contributed by atoms with E-state index < -0.39 is 28.2 Å². The molecule has 1 rings (SSSR count). The van der Waals surface area contributed by atoms with Crippen LogP contribution in [0.3, 0.4) is 0 Å². The van der Waals surface area contributed by atoms with Gasteiger partial charge in [0, 0.05) is 6.20 Å². The van der Waals surface area contributed by atoms with Gasteiger partial charge in [0.2, 0.25) is 0 Å². The molecule has 0 aromatic carbocycles. The second kappa shape index (κ2) is 4.27. The largest absolute Gasteiger partial charge is 0.312 e. The van der Waals surface area contributed by atoms with Crippen molar-refractivity contribution in [2.75, 3.05) is 0 Å². The molecule has 1 heterocycles. The summed E-state index contributed by atoms with van der Waals surface area (Å²) in [6, 6.07) is 1.43. The minimum atomic E-state index is -3.10. The number of halogens is 3. The Morgan fingerprint density at radius 3 is 2.67 bits per heavy atom. The van der Waals surface area contributed by atoms with E-state index in [0.29, 0.717) is 0 Å². The van der Waals surface area contributed by atoms with Gasteiger partial charge in [-0.15, -0.1) is 0 Å². The lowest BCUT2D eigenvalue weighted by Gasteiger charge is -2.04. The quantitative estimate of drug-likeness (QED) is 0.473. The van der Waals surface area contributed by atoms with Gasteiger partial charge < -0.3 is 0 Å². The van der Waals surface area contributed by atoms with Crippen LogP contribution in [-0.4, -0.2) is 9.91 Å². The van der Waals surface area contributed by atoms with Crippen LogP contribution in [0.1, 0.15) is 17.6 Å². The van der Waals surface area contributed by atoms with Gasteiger partial charge in [0.25, 0.3) is 6.43 Å². The Hall–Kier alpha value is -1.62. The highest BCUT2D eigenvalue weighted by atomic mass is 79.9. The summed E-state index contributed by atoms with van der Waals surface area (Å²) in [5.41, 5.74) is -2.28. The standard InChI is InChI=1S/C7H2BrF2N3O2/c8-6-5(13(14)15)4(7(9)10)3(1-11)2-12-6/h2,7H. The fraction of sp³-hybridized carbons (Fsp3) is 0.143. The monoisotopic (exact) mass is 277 g/mol. The van der Waals surface area contributed by atoms with E-state index >= 15 is 0 Å². The number of pyridine rings is 1. The molecule has 0 radical (unpaired) electrons. The molecule has 78 valence electrons. The molecule has 0 bridgehead atoms. The van der Waals surface area contributed by atoms with Crippen LogP contribution < -0.4 is 0 Å². The van der Waals surface area contributed by atoms with Crippen molar-refractivity contribution in [2.45, 2.75) is 6.43 Å². The maximum atomic E-state index is 12.5. The maximum Gasteiger partial charge on any atom is 0.312 e. The summed E-state index contributed by atoms with van der Waals surface area (Å²) < 4.78 is 24.7. The average Bonchev–Trinajstić information content (AvgIpc) is 2.16. The normalized spacial score (nSPS) is 10.1. The number of alkyl halides is 2. The van der Waals surface area contributed by atoms with E-state index in [9.17, 15) is 18.9 Å². The number of rotatable bonds is 2. The average molecular weight is 278 g/mol. The molecular formula is C7H2BrF2N3O2. The van der Waals surface area contributed by atoms with Gasteiger partial charge in [0.15, 0.2) is 4.60 Å². The van der Waals surface area contributed by atoms with Crippen LogP contribution in [0.25, 0.3) is 0 Å². The number of nitro groups is 1. The molecule has 1 aromatic rings. The zero-order valence-electron chi connectivity index (χ0n) is 6.95. The molecule has 0 saturated heterocycles. The highest BCUT2D eigenvalue weighted by molar-refractivity contribution is 9.10. The van der Waals surface area contributed by atoms with Crippen LogP contribution in [0, 0.1) is 21.4 Å². The van der Waals surface area contributed by atoms with Gasteiger partial charge in [0.1, 0.15) is 11.6 Å². The molecule has 0 aliphatic heterocycles. The van der Waals surface area contributed by atoms with E-state index in [1.165, 1.54) is 6.07 Å². The molecule has 0 N–H and O–H groups in total. The Balaban J connectivity index is 3.60. The maximum absolute atomic E-state index is 12.5. The van der Waals surface area contributed by atoms with Crippen molar-refractivity contribution in [2.24, 2.45) is 0 Å². The molecule has 0 spiro atoms. The predicted octanol–water partition coefficient (Wildman–Crippen LogP) is 2.56. The lowest BCUT2D eigenvalue weighted by atomic mass is 10.1. The smallest absolute Gasteiger partial charge is 0.258 e. The summed E-state index contributed by atoms with van der Waals surface area (Å²) in [5, 5.41) is 19.0. The Kier molecular flexibility index (Phi) is 3.26. The van der Waals surface area contributed by atoms with Gasteiger partial charge in [-0.2, -0.15) is 5.26 Å². The second-order valence-electron chi connectivity index (χ2n) is 2.39. The summed E-state index contributed by atoms with van der Waals surface area (Å²) in [6.07, 6.45) is -2.24. The van der Waals surface area contributed by atoms with Crippen LogP contribution in [0.2, 0.25) is 0 Å². The minimum Gasteiger partial charge on any atom is -0.258 e. The van der Waals surface area contributed by atoms with Crippen molar-refractivity contribution < 1.29 is 13.7 Å². The lowest BCUT2D eigenvalue weighted by Crippen LogP contribution is -2.02. The van der Waals surface area contributed by atoms with E-state index in [4.69, 9.17) is 5.26 Å². The summed E-state index contributed by atoms with van der Waals surface area (Å²) >= 11 is 2.68. The number of hydrogen-bond acceptors (Lipinski definition) is 4. The molecule has 8 heteroatoms. The third kappa shape index (κ3) is 2.07. The fourth-order valence-corrected chi connectivity index (χ4v) is 1.44. The van der Waals surface area contributed by atoms with Gasteiger partial charge in [0.05, 0.1) is 10.5 Å². The van der Waals surface area contributed by atoms with E-state index in [-0.39, 0.29) is 4.60 Å². The number of nitrogens with zero attached hydrogens (tertiary/aromatic N) is 3. The molecule has 0 atom stereocenters. The van der Waals surface area contributed by atoms with Gasteiger partial charge in [-0.25, -0.2) is 13.8 Å². The Labute approximate surface area is 90.6 Å². The summed E-state index contributed by atoms with van der Waals surface area (Å²) in [6.45, 7) is 0. The zero-order valence-corrected chi connectivity index (χ0v) is 8.53. The molecule has 0 saturated carbocycles. The molecule has 0 amide bonds. The molecule has 15 heavy (non-hydrogen) atoms. The summed E-state index contributed by atoms with van der Waals surface area (Å²) in [4.78, 5) is 12.9. The first kappa shape index (κ1) is 11.5. The lowest BCUT2D eigenvalue weighted by molar-refractivity contribution is -0.387. The number of hydrogen-bond donors (Lipinski definition) is 0. The van der Waals surface area contributed by atoms with Crippen LogP contribution >= 0.6 is 15.9 Å². The van der Waals surface area contributed by atoms with Crippen LogP contribution in [0.5, 0.6) is 0 Å². The predicted molar refractivity (Wildman–Crippen MR) is 48.3 cm³/mol. The van der Waals surface area contributed by atoms with Crippen molar-refractivity contribution in [3.05, 3.63) is 32.0 Å². The first-order chi connectivity index (χ1) is 6.99. The molecule has 5 nitrogen and oxygen atoms in total. The van der Waals surface area contributed by atoms with E-state index in [0.717, 1.165) is 6.20 Å². The third-order valence-corrected chi connectivity index (χ3v) is 2.15. The Morgan fingerprint density at radius 1 is 1.67 bits per heavy atom. The van der Waals surface area contributed by atoms with Crippen molar-refractivity contribution in [1.82, 2.24) is 4.98 Å². The molecule has 0 aliphatic carbocycles. The highest BCUT2D eigenvalue weighted by Crippen LogP contribution is 2.35. The molecule has 0 fully saturated rings. The summed E-state index contributed by atoms with van der Waals surface area (Å²) in [5.74, 6) is 0. The topological polar surface area (TPSA) is 79.8 Å². The van der Waals surface area contributed by atoms with Crippen molar-refractivity contribution in [3.63, 3.8) is 0 Å². The molecule has 0 unspecified atom stereocenters. The van der Waals surface area contributed by atoms with E-state index in [1.54, 1.807) is 0 Å². The highest BCUT2D eigenvalue weighted by Gasteiger charge is 2.29. The van der Waals surface area contributed by atoms with Crippen LogP contribution in [0.15, 0.2) is 10.8 Å². The van der Waals surface area contributed by atoms with Gasteiger partial charge in [-0.3, -0.25) is 10.1 Å². The SMILES string of the molecule is N#Cc1cnc(Br)c([N+](=O)[O-])c1C(F)F. The van der Waals surface area contributed by atoms with Gasteiger partial charge in [-0.05, 0) is 15.9 Å². The minimum absolute atomic E-state index is 0.318. The third-order valence-electron chi connectivity index (χ3n) is 1.57. The molecular weight excluding hydrogens is 276 g/mol. The zero-order chi connectivity index (χ0) is 11.6. The van der Waals surface area contributed by atoms with E-state index in [1.807, 2.05) is 0 Å². The Bertz CT molecular complexity index is 458. The van der Waals surface area contributed by atoms with Crippen molar-refractivity contribution in [1.29, 1.82) is 5.26 Å². The van der Waals surface area contributed by atoms with E-state index in [2.05, 4.69) is 20.9 Å². The number of aromatic nitrogens is 1. The van der Waals surface area contributed by atoms with Crippen molar-refractivity contribution >= 4 is 21.6 Å². The van der Waals surface area contributed by atoms with Gasteiger partial charge >= 0.3 is 5.69 Å². The summed E-state index contributed by atoms with van der Waals surface area (Å²) in [7, 11) is 0.